The van der Waals surface area contributed by atoms with Crippen LogP contribution in [0.25, 0.3) is 0 Å². The number of carbonyl (C=O) groups is 2. The molecule has 0 atom stereocenters. The smallest absolute Gasteiger partial charge is 0.378 e. The topological polar surface area (TPSA) is 58.2 Å². The Hall–Kier alpha value is -2.18. The number of hydrogen-bond acceptors (Lipinski definition) is 4. The Labute approximate surface area is 243 Å². The molecule has 0 aromatic heterocycles. The van der Waals surface area contributed by atoms with Gasteiger partial charge >= 0.3 is 59.1 Å². The predicted molar refractivity (Wildman–Crippen MR) is 126 cm³/mol. The maximum atomic E-state index is 13.5. The molecule has 0 fully saturated rings. The van der Waals surface area contributed by atoms with E-state index in [1.165, 1.54) is 0 Å². The van der Waals surface area contributed by atoms with Gasteiger partial charge in [-0.15, -0.1) is 12.1 Å². The van der Waals surface area contributed by atoms with Crippen molar-refractivity contribution in [3.05, 3.63) is 118 Å². The zero-order valence-corrected chi connectivity index (χ0v) is 23.7. The third-order valence-electron chi connectivity index (χ3n) is 5.55. The molecule has 4 aromatic rings. The Morgan fingerprint density at radius 1 is 0.588 bits per heavy atom. The number of carbonyl (C=O) groups excluding carboxylic acids is 2. The van der Waals surface area contributed by atoms with Crippen LogP contribution in [0.3, 0.4) is 0 Å². The monoisotopic (exact) mass is 462 g/mol. The molecule has 0 unspecified atom stereocenters. The fourth-order valence-corrected chi connectivity index (χ4v) is 3.88. The molecule has 34 heavy (non-hydrogen) atoms. The summed E-state index contributed by atoms with van der Waals surface area (Å²) in [5.41, 5.74) is 6.34. The largest absolute Gasteiger partial charge is 1.00 e. The maximum absolute atomic E-state index is 13.5. The number of benzene rings is 4. The molecule has 4 aromatic carbocycles. The van der Waals surface area contributed by atoms with Gasteiger partial charge in [0, 0.05) is 22.5 Å². The van der Waals surface area contributed by atoms with Crippen molar-refractivity contribution in [2.75, 3.05) is 10.6 Å². The van der Waals surface area contributed by atoms with Gasteiger partial charge in [-0.1, -0.05) is 49.5 Å². The molecule has 0 amide bonds. The second-order valence-electron chi connectivity index (χ2n) is 7.92. The minimum Gasteiger partial charge on any atom is -0.378 e. The fourth-order valence-electron chi connectivity index (χ4n) is 3.88. The van der Waals surface area contributed by atoms with Gasteiger partial charge in [0.15, 0.2) is 11.6 Å². The SMILES string of the molecule is Cc1c[c-]c(Nc2ccc(Nc3[c-]cc(C)cc3)c3c2C(=O)c2ccccc2C3=O)cc1.[Na+].[Na+]. The number of hydrogen-bond donors (Lipinski definition) is 2. The van der Waals surface area contributed by atoms with Crippen molar-refractivity contribution in [3.8, 4) is 0 Å². The summed E-state index contributed by atoms with van der Waals surface area (Å²) in [6.07, 6.45) is 0. The second-order valence-corrected chi connectivity index (χ2v) is 7.92. The third-order valence-corrected chi connectivity index (χ3v) is 5.55. The van der Waals surface area contributed by atoms with E-state index in [0.29, 0.717) is 33.6 Å². The summed E-state index contributed by atoms with van der Waals surface area (Å²) in [4.78, 5) is 27.1. The molecule has 0 saturated carbocycles. The van der Waals surface area contributed by atoms with Crippen molar-refractivity contribution in [2.24, 2.45) is 0 Å². The van der Waals surface area contributed by atoms with Crippen LogP contribution in [0, 0.1) is 26.0 Å². The Morgan fingerprint density at radius 3 is 1.35 bits per heavy atom. The first-order valence-corrected chi connectivity index (χ1v) is 10.4. The molecule has 1 aliphatic rings. The van der Waals surface area contributed by atoms with Gasteiger partial charge in [-0.3, -0.25) is 9.59 Å². The molecular formula is C28H20N2Na2O2. The van der Waals surface area contributed by atoms with Crippen LogP contribution in [0.1, 0.15) is 43.0 Å². The van der Waals surface area contributed by atoms with Gasteiger partial charge in [0.25, 0.3) is 0 Å². The molecule has 5 rings (SSSR count). The quantitative estimate of drug-likeness (QED) is 0.296. The van der Waals surface area contributed by atoms with E-state index in [0.717, 1.165) is 22.5 Å². The van der Waals surface area contributed by atoms with Crippen molar-refractivity contribution < 1.29 is 68.7 Å². The summed E-state index contributed by atoms with van der Waals surface area (Å²) in [5.74, 6) is -0.359. The number of aryl methyl sites for hydroxylation is 2. The number of fused-ring (bicyclic) bond motifs is 2. The van der Waals surface area contributed by atoms with E-state index < -0.39 is 0 Å². The summed E-state index contributed by atoms with van der Waals surface area (Å²) in [6, 6.07) is 28.4. The molecule has 0 saturated heterocycles. The molecule has 2 N–H and O–H groups in total. The third kappa shape index (κ3) is 5.08. The average Bonchev–Trinajstić information content (AvgIpc) is 2.81. The fraction of sp³-hybridized carbons (Fsp3) is 0.0714. The maximum Gasteiger partial charge on any atom is 1.00 e. The van der Waals surface area contributed by atoms with Gasteiger partial charge in [0.05, 0.1) is 11.1 Å². The van der Waals surface area contributed by atoms with Crippen LogP contribution in [-0.2, 0) is 0 Å². The summed E-state index contributed by atoms with van der Waals surface area (Å²) < 4.78 is 0. The van der Waals surface area contributed by atoms with Crippen molar-refractivity contribution >= 4 is 34.3 Å². The zero-order valence-electron chi connectivity index (χ0n) is 19.7. The van der Waals surface area contributed by atoms with E-state index >= 15 is 0 Å². The molecular weight excluding hydrogens is 442 g/mol. The molecule has 0 aliphatic heterocycles. The summed E-state index contributed by atoms with van der Waals surface area (Å²) >= 11 is 0. The standard InChI is InChI=1S/C28H20N2O2.2Na/c1-17-7-11-19(12-8-17)29-23-15-16-24(30-20-13-9-18(2)10-14-20)26-25(23)27(31)21-5-3-4-6-22(21)28(26)32;;/h3-11,13,15-16,29-30H,1-2H3;;/q-2;2*+1. The minimum absolute atomic E-state index is 0. The Morgan fingerprint density at radius 2 is 1.00 bits per heavy atom. The van der Waals surface area contributed by atoms with Crippen molar-refractivity contribution in [2.45, 2.75) is 13.8 Å². The first kappa shape index (κ1) is 26.4. The van der Waals surface area contributed by atoms with E-state index in [1.54, 1.807) is 24.3 Å². The zero-order chi connectivity index (χ0) is 22.2. The van der Waals surface area contributed by atoms with Crippen LogP contribution in [0.4, 0.5) is 22.7 Å². The first-order valence-electron chi connectivity index (χ1n) is 10.4. The van der Waals surface area contributed by atoms with E-state index in [4.69, 9.17) is 0 Å². The van der Waals surface area contributed by atoms with Gasteiger partial charge in [-0.05, 0) is 12.1 Å². The van der Waals surface area contributed by atoms with Crippen LogP contribution >= 0.6 is 0 Å². The molecule has 4 nitrogen and oxygen atoms in total. The van der Waals surface area contributed by atoms with E-state index in [9.17, 15) is 9.59 Å². The molecule has 0 radical (unpaired) electrons. The molecule has 1 aliphatic carbocycles. The average molecular weight is 462 g/mol. The Kier molecular flexibility index (Phi) is 8.58. The summed E-state index contributed by atoms with van der Waals surface area (Å²) in [5, 5.41) is 6.55. The van der Waals surface area contributed by atoms with Crippen LogP contribution < -0.4 is 69.7 Å². The van der Waals surface area contributed by atoms with Gasteiger partial charge in [0.1, 0.15) is 0 Å². The van der Waals surface area contributed by atoms with Crippen molar-refractivity contribution in [1.82, 2.24) is 0 Å². The predicted octanol–water partition coefficient (Wildman–Crippen LogP) is 0.174. The molecule has 0 heterocycles. The van der Waals surface area contributed by atoms with Crippen molar-refractivity contribution in [1.29, 1.82) is 0 Å². The van der Waals surface area contributed by atoms with E-state index in [-0.39, 0.29) is 70.7 Å². The van der Waals surface area contributed by atoms with E-state index in [2.05, 4.69) is 22.8 Å². The van der Waals surface area contributed by atoms with E-state index in [1.807, 2.05) is 62.4 Å². The number of rotatable bonds is 4. The van der Waals surface area contributed by atoms with Gasteiger partial charge in [-0.25, -0.2) is 0 Å². The number of ketones is 2. The second kappa shape index (κ2) is 11.0. The van der Waals surface area contributed by atoms with Gasteiger partial charge < -0.3 is 10.6 Å². The van der Waals surface area contributed by atoms with Crippen molar-refractivity contribution in [3.63, 3.8) is 0 Å². The normalized spacial score (nSPS) is 11.5. The van der Waals surface area contributed by atoms with Crippen LogP contribution in [0.2, 0.25) is 0 Å². The molecule has 156 valence electrons. The number of nitrogens with one attached hydrogen (secondary N) is 2. The molecule has 6 heteroatoms. The van der Waals surface area contributed by atoms with Crippen LogP contribution in [-0.4, -0.2) is 11.6 Å². The Balaban J connectivity index is 0.00000162. The van der Waals surface area contributed by atoms with Gasteiger partial charge in [0.2, 0.25) is 0 Å². The van der Waals surface area contributed by atoms with Crippen LogP contribution in [0.5, 0.6) is 0 Å². The number of anilines is 4. The summed E-state index contributed by atoms with van der Waals surface area (Å²) in [7, 11) is 0. The minimum atomic E-state index is -0.179. The molecule has 0 spiro atoms. The van der Waals surface area contributed by atoms with Gasteiger partial charge in [-0.2, -0.15) is 47.5 Å². The van der Waals surface area contributed by atoms with Crippen LogP contribution in [0.15, 0.2) is 72.8 Å². The molecule has 0 bridgehead atoms. The first-order chi connectivity index (χ1) is 15.5. The summed E-state index contributed by atoms with van der Waals surface area (Å²) in [6.45, 7) is 3.98. The Bertz CT molecular complexity index is 1260.